The summed E-state index contributed by atoms with van der Waals surface area (Å²) in [6.07, 6.45) is 2.08. The van der Waals surface area contributed by atoms with Crippen molar-refractivity contribution in [3.63, 3.8) is 0 Å². The minimum atomic E-state index is -0.138. The van der Waals surface area contributed by atoms with Crippen LogP contribution in [0.25, 0.3) is 0 Å². The van der Waals surface area contributed by atoms with E-state index in [0.717, 1.165) is 29.7 Å². The van der Waals surface area contributed by atoms with Crippen molar-refractivity contribution >= 4 is 17.4 Å². The van der Waals surface area contributed by atoms with Crippen LogP contribution in [0.15, 0.2) is 41.3 Å². The Kier molecular flexibility index (Phi) is 6.50. The predicted molar refractivity (Wildman–Crippen MR) is 141 cm³/mol. The Morgan fingerprint density at radius 2 is 1.38 bits per heavy atom. The third kappa shape index (κ3) is 5.65. The topological polar surface area (TPSA) is 32.3 Å². The van der Waals surface area contributed by atoms with Gasteiger partial charge in [0.1, 0.15) is 11.1 Å². The molecule has 176 valence electrons. The first-order valence-electron chi connectivity index (χ1n) is 11.9. The SMILES string of the molecule is CC(C)(C)CC(C)(C)c1cc(C2Nc3ccccc3S2)c(O)c(C(C)(C)CC(C)(C)C)c1. The van der Waals surface area contributed by atoms with Crippen LogP contribution in [0.5, 0.6) is 5.75 Å². The highest BCUT2D eigenvalue weighted by Crippen LogP contribution is 2.52. The minimum Gasteiger partial charge on any atom is -0.507 e. The third-order valence-corrected chi connectivity index (χ3v) is 7.51. The Hall–Kier alpha value is -1.61. The lowest BCUT2D eigenvalue weighted by Crippen LogP contribution is -2.28. The Labute approximate surface area is 200 Å². The second kappa shape index (κ2) is 8.31. The van der Waals surface area contributed by atoms with Crippen molar-refractivity contribution in [2.45, 2.75) is 103 Å². The lowest BCUT2D eigenvalue weighted by Gasteiger charge is -2.37. The van der Waals surface area contributed by atoms with Gasteiger partial charge < -0.3 is 10.4 Å². The molecule has 1 atom stereocenters. The fraction of sp³-hybridized carbons (Fsp3) is 0.586. The molecule has 1 aliphatic heterocycles. The largest absolute Gasteiger partial charge is 0.507 e. The molecule has 0 fully saturated rings. The number of anilines is 1. The molecule has 3 heteroatoms. The van der Waals surface area contributed by atoms with Gasteiger partial charge in [-0.25, -0.2) is 0 Å². The van der Waals surface area contributed by atoms with Crippen LogP contribution in [0.3, 0.4) is 0 Å². The number of fused-ring (bicyclic) bond motifs is 1. The van der Waals surface area contributed by atoms with E-state index < -0.39 is 0 Å². The highest BCUT2D eigenvalue weighted by molar-refractivity contribution is 8.00. The molecule has 2 N–H and O–H groups in total. The number of phenolic OH excluding ortho intramolecular Hbond substituents is 1. The third-order valence-electron chi connectivity index (χ3n) is 6.30. The number of para-hydroxylation sites is 1. The zero-order valence-electron chi connectivity index (χ0n) is 21.8. The average Bonchev–Trinajstić information content (AvgIpc) is 3.01. The molecule has 0 spiro atoms. The van der Waals surface area contributed by atoms with Crippen LogP contribution < -0.4 is 5.32 Å². The molecule has 0 bridgehead atoms. The predicted octanol–water partition coefficient (Wildman–Crippen LogP) is 9.04. The summed E-state index contributed by atoms with van der Waals surface area (Å²) in [5.41, 5.74) is 4.79. The van der Waals surface area contributed by atoms with Crippen LogP contribution in [-0.4, -0.2) is 5.11 Å². The Bertz CT molecular complexity index is 951. The van der Waals surface area contributed by atoms with E-state index in [0.29, 0.717) is 5.75 Å². The maximum absolute atomic E-state index is 11.6. The molecular formula is C29H43NOS. The second-order valence-electron chi connectivity index (χ2n) is 13.3. The van der Waals surface area contributed by atoms with Crippen molar-refractivity contribution in [2.24, 2.45) is 10.8 Å². The number of benzene rings is 2. The molecule has 1 heterocycles. The van der Waals surface area contributed by atoms with Crippen LogP contribution >= 0.6 is 11.8 Å². The summed E-state index contributed by atoms with van der Waals surface area (Å²) in [6.45, 7) is 23.0. The lowest BCUT2D eigenvalue weighted by molar-refractivity contribution is 0.274. The first-order valence-corrected chi connectivity index (χ1v) is 12.8. The molecule has 0 aliphatic carbocycles. The van der Waals surface area contributed by atoms with E-state index in [-0.39, 0.29) is 27.0 Å². The van der Waals surface area contributed by atoms with Gasteiger partial charge in [-0.05, 0) is 58.3 Å². The number of nitrogens with one attached hydrogen (secondary N) is 1. The first-order chi connectivity index (χ1) is 14.5. The molecule has 0 aromatic heterocycles. The fourth-order valence-corrected chi connectivity index (χ4v) is 6.90. The van der Waals surface area contributed by atoms with E-state index in [9.17, 15) is 5.11 Å². The molecule has 2 nitrogen and oxygen atoms in total. The van der Waals surface area contributed by atoms with Crippen molar-refractivity contribution in [1.82, 2.24) is 0 Å². The average molecular weight is 454 g/mol. The van der Waals surface area contributed by atoms with Crippen LogP contribution in [-0.2, 0) is 10.8 Å². The molecule has 0 radical (unpaired) electrons. The molecule has 0 amide bonds. The molecular weight excluding hydrogens is 410 g/mol. The van der Waals surface area contributed by atoms with Gasteiger partial charge in [-0.3, -0.25) is 0 Å². The molecule has 2 aromatic rings. The normalized spacial score (nSPS) is 17.2. The Morgan fingerprint density at radius 1 is 0.812 bits per heavy atom. The van der Waals surface area contributed by atoms with Crippen molar-refractivity contribution < 1.29 is 5.11 Å². The van der Waals surface area contributed by atoms with E-state index in [1.54, 1.807) is 11.8 Å². The van der Waals surface area contributed by atoms with E-state index in [4.69, 9.17) is 0 Å². The standard InChI is InChI=1S/C29H43NOS/c1-26(2,3)17-28(7,8)19-15-20(25-30-22-13-11-12-14-23(22)32-25)24(31)21(16-19)29(9,10)18-27(4,5)6/h11-16,25,30-31H,17-18H2,1-10H3. The number of thioether (sulfide) groups is 1. The van der Waals surface area contributed by atoms with Gasteiger partial charge >= 0.3 is 0 Å². The summed E-state index contributed by atoms with van der Waals surface area (Å²) in [5, 5.41) is 15.3. The smallest absolute Gasteiger partial charge is 0.125 e. The summed E-state index contributed by atoms with van der Waals surface area (Å²) in [5.74, 6) is 0.451. The van der Waals surface area contributed by atoms with Gasteiger partial charge in [-0.2, -0.15) is 0 Å². The summed E-state index contributed by atoms with van der Waals surface area (Å²) in [4.78, 5) is 1.24. The summed E-state index contributed by atoms with van der Waals surface area (Å²) in [6, 6.07) is 13.0. The summed E-state index contributed by atoms with van der Waals surface area (Å²) >= 11 is 1.80. The summed E-state index contributed by atoms with van der Waals surface area (Å²) < 4.78 is 0. The van der Waals surface area contributed by atoms with E-state index >= 15 is 0 Å². The van der Waals surface area contributed by atoms with E-state index in [1.807, 2.05) is 0 Å². The highest BCUT2D eigenvalue weighted by Gasteiger charge is 2.36. The molecule has 1 unspecified atom stereocenters. The van der Waals surface area contributed by atoms with Gasteiger partial charge in [-0.1, -0.05) is 99.2 Å². The van der Waals surface area contributed by atoms with Crippen molar-refractivity contribution in [2.75, 3.05) is 5.32 Å². The molecule has 3 rings (SSSR count). The molecule has 0 saturated heterocycles. The van der Waals surface area contributed by atoms with Gasteiger partial charge in [0.15, 0.2) is 0 Å². The van der Waals surface area contributed by atoms with E-state index in [2.05, 4.69) is 111 Å². The van der Waals surface area contributed by atoms with E-state index in [1.165, 1.54) is 10.5 Å². The first kappa shape index (κ1) is 25.0. The van der Waals surface area contributed by atoms with Crippen LogP contribution in [0.4, 0.5) is 5.69 Å². The quantitative estimate of drug-likeness (QED) is 0.473. The second-order valence-corrected chi connectivity index (χ2v) is 14.5. The van der Waals surface area contributed by atoms with Crippen molar-refractivity contribution in [1.29, 1.82) is 0 Å². The zero-order chi connectivity index (χ0) is 24.1. The maximum atomic E-state index is 11.6. The zero-order valence-corrected chi connectivity index (χ0v) is 22.6. The van der Waals surface area contributed by atoms with Gasteiger partial charge in [0.2, 0.25) is 0 Å². The highest BCUT2D eigenvalue weighted by atomic mass is 32.2. The van der Waals surface area contributed by atoms with Gasteiger partial charge in [0.05, 0.1) is 0 Å². The molecule has 1 aliphatic rings. The lowest BCUT2D eigenvalue weighted by atomic mass is 9.68. The van der Waals surface area contributed by atoms with Gasteiger partial charge in [-0.15, -0.1) is 0 Å². The van der Waals surface area contributed by atoms with Gasteiger partial charge in [0, 0.05) is 21.7 Å². The van der Waals surface area contributed by atoms with Gasteiger partial charge in [0.25, 0.3) is 0 Å². The Balaban J connectivity index is 2.14. The number of hydrogen-bond acceptors (Lipinski definition) is 3. The van der Waals surface area contributed by atoms with Crippen molar-refractivity contribution in [3.8, 4) is 5.75 Å². The van der Waals surface area contributed by atoms with Crippen LogP contribution in [0, 0.1) is 10.8 Å². The fourth-order valence-electron chi connectivity index (χ4n) is 5.74. The Morgan fingerprint density at radius 3 is 1.94 bits per heavy atom. The number of hydrogen-bond donors (Lipinski definition) is 2. The van der Waals surface area contributed by atoms with Crippen molar-refractivity contribution in [3.05, 3.63) is 53.1 Å². The van der Waals surface area contributed by atoms with Crippen LogP contribution in [0.1, 0.15) is 104 Å². The van der Waals surface area contributed by atoms with Crippen LogP contribution in [0.2, 0.25) is 0 Å². The minimum absolute atomic E-state index is 0.00336. The number of phenols is 1. The summed E-state index contributed by atoms with van der Waals surface area (Å²) in [7, 11) is 0. The number of rotatable bonds is 5. The molecule has 2 aromatic carbocycles. The number of aromatic hydroxyl groups is 1. The maximum Gasteiger partial charge on any atom is 0.125 e. The monoisotopic (exact) mass is 453 g/mol. The molecule has 32 heavy (non-hydrogen) atoms. The molecule has 0 saturated carbocycles.